The molecule has 3 aromatic rings. The van der Waals surface area contributed by atoms with E-state index in [9.17, 15) is 9.59 Å². The fourth-order valence-corrected chi connectivity index (χ4v) is 4.92. The molecule has 2 aromatic carbocycles. The first-order valence-corrected chi connectivity index (χ1v) is 12.5. The van der Waals surface area contributed by atoms with Crippen LogP contribution >= 0.6 is 0 Å². The molecule has 2 heterocycles. The van der Waals surface area contributed by atoms with Crippen LogP contribution in [0.1, 0.15) is 43.5 Å². The number of rotatable bonds is 10. The standard InChI is InChI=1S/C29H35N3O5/c1-19(2)15-26(27(33)36-4)32-14-13-29(30,28(32)34)21-9-11-23(12-10-21)37-17-20-16-22(18-35-3)31-25-8-6-5-7-24(20)25/h5-12,16,19,26H,13-15,17-18,30H2,1-4H3. The molecule has 1 aliphatic rings. The molecular formula is C29H35N3O5. The van der Waals surface area contributed by atoms with Crippen molar-refractivity contribution in [1.29, 1.82) is 0 Å². The average Bonchev–Trinajstić information content (AvgIpc) is 3.20. The summed E-state index contributed by atoms with van der Waals surface area (Å²) in [7, 11) is 2.99. The van der Waals surface area contributed by atoms with Crippen LogP contribution in [-0.4, -0.2) is 48.6 Å². The molecular weight excluding hydrogens is 470 g/mol. The minimum absolute atomic E-state index is 0.226. The fourth-order valence-electron chi connectivity index (χ4n) is 4.92. The number of fused-ring (bicyclic) bond motifs is 1. The number of pyridine rings is 1. The zero-order chi connectivity index (χ0) is 26.6. The fraction of sp³-hybridized carbons (Fsp3) is 0.414. The molecule has 1 fully saturated rings. The lowest BCUT2D eigenvalue weighted by Crippen LogP contribution is -2.50. The molecule has 196 valence electrons. The van der Waals surface area contributed by atoms with Crippen molar-refractivity contribution in [2.75, 3.05) is 20.8 Å². The first kappa shape index (κ1) is 26.6. The van der Waals surface area contributed by atoms with Gasteiger partial charge in [0.1, 0.15) is 23.9 Å². The summed E-state index contributed by atoms with van der Waals surface area (Å²) in [5.41, 5.74) is 8.88. The average molecular weight is 506 g/mol. The van der Waals surface area contributed by atoms with Gasteiger partial charge in [0.15, 0.2) is 0 Å². The second kappa shape index (κ2) is 11.3. The van der Waals surface area contributed by atoms with Crippen LogP contribution in [0.4, 0.5) is 0 Å². The van der Waals surface area contributed by atoms with Crippen LogP contribution < -0.4 is 10.5 Å². The number of hydrogen-bond acceptors (Lipinski definition) is 7. The second-order valence-electron chi connectivity index (χ2n) is 9.92. The minimum atomic E-state index is -1.20. The molecule has 1 aliphatic heterocycles. The summed E-state index contributed by atoms with van der Waals surface area (Å²) < 4.78 is 16.3. The molecule has 2 unspecified atom stereocenters. The molecule has 0 radical (unpaired) electrons. The van der Waals surface area contributed by atoms with Crippen molar-refractivity contribution in [2.45, 2.75) is 51.5 Å². The van der Waals surface area contributed by atoms with E-state index >= 15 is 0 Å². The third-order valence-corrected chi connectivity index (χ3v) is 6.84. The van der Waals surface area contributed by atoms with Crippen molar-refractivity contribution in [2.24, 2.45) is 11.7 Å². The van der Waals surface area contributed by atoms with E-state index in [2.05, 4.69) is 4.98 Å². The Hall–Kier alpha value is -3.49. The van der Waals surface area contributed by atoms with Gasteiger partial charge in [-0.3, -0.25) is 9.78 Å². The maximum Gasteiger partial charge on any atom is 0.328 e. The Kier molecular flexibility index (Phi) is 8.10. The van der Waals surface area contributed by atoms with Gasteiger partial charge >= 0.3 is 5.97 Å². The van der Waals surface area contributed by atoms with E-state index in [0.717, 1.165) is 22.2 Å². The number of methoxy groups -OCH3 is 2. The van der Waals surface area contributed by atoms with Crippen LogP contribution in [0, 0.1) is 5.92 Å². The summed E-state index contributed by atoms with van der Waals surface area (Å²) in [6, 6.07) is 16.6. The highest BCUT2D eigenvalue weighted by Crippen LogP contribution is 2.34. The zero-order valence-corrected chi connectivity index (χ0v) is 21.9. The topological polar surface area (TPSA) is 104 Å². The van der Waals surface area contributed by atoms with E-state index in [4.69, 9.17) is 19.9 Å². The van der Waals surface area contributed by atoms with E-state index in [1.807, 2.05) is 68.4 Å². The highest BCUT2D eigenvalue weighted by Gasteiger charge is 2.48. The molecule has 0 spiro atoms. The van der Waals surface area contributed by atoms with Gasteiger partial charge in [0.25, 0.3) is 0 Å². The SMILES string of the molecule is COCc1cc(COc2ccc(C3(N)CCN(C(CC(C)C)C(=O)OC)C3=O)cc2)c2ccccc2n1. The molecule has 8 nitrogen and oxygen atoms in total. The van der Waals surface area contributed by atoms with Gasteiger partial charge in [-0.25, -0.2) is 4.79 Å². The van der Waals surface area contributed by atoms with E-state index in [1.54, 1.807) is 12.0 Å². The molecule has 37 heavy (non-hydrogen) atoms. The van der Waals surface area contributed by atoms with Gasteiger partial charge in [0.2, 0.25) is 5.91 Å². The van der Waals surface area contributed by atoms with Gasteiger partial charge in [-0.2, -0.15) is 0 Å². The molecule has 4 rings (SSSR count). The van der Waals surface area contributed by atoms with Gasteiger partial charge in [-0.15, -0.1) is 0 Å². The monoisotopic (exact) mass is 505 g/mol. The van der Waals surface area contributed by atoms with Crippen LogP contribution in [0.3, 0.4) is 0 Å². The van der Waals surface area contributed by atoms with Crippen LogP contribution in [-0.2, 0) is 37.8 Å². The molecule has 0 bridgehead atoms. The Bertz CT molecular complexity index is 1260. The minimum Gasteiger partial charge on any atom is -0.489 e. The van der Waals surface area contributed by atoms with Crippen molar-refractivity contribution >= 4 is 22.8 Å². The number of nitrogens with two attached hydrogens (primary N) is 1. The highest BCUT2D eigenvalue weighted by atomic mass is 16.5. The number of aromatic nitrogens is 1. The Morgan fingerprint density at radius 1 is 1.11 bits per heavy atom. The normalized spacial score (nSPS) is 18.4. The number of benzene rings is 2. The molecule has 1 saturated heterocycles. The maximum atomic E-state index is 13.4. The molecule has 0 saturated carbocycles. The summed E-state index contributed by atoms with van der Waals surface area (Å²) >= 11 is 0. The Morgan fingerprint density at radius 2 is 1.84 bits per heavy atom. The largest absolute Gasteiger partial charge is 0.489 e. The van der Waals surface area contributed by atoms with Gasteiger partial charge in [0, 0.05) is 24.6 Å². The summed E-state index contributed by atoms with van der Waals surface area (Å²) in [6.07, 6.45) is 0.944. The van der Waals surface area contributed by atoms with Crippen molar-refractivity contribution in [3.63, 3.8) is 0 Å². The van der Waals surface area contributed by atoms with Gasteiger partial charge in [-0.1, -0.05) is 44.2 Å². The molecule has 2 N–H and O–H groups in total. The van der Waals surface area contributed by atoms with Crippen LogP contribution in [0.15, 0.2) is 54.6 Å². The maximum absolute atomic E-state index is 13.4. The van der Waals surface area contributed by atoms with E-state index < -0.39 is 17.6 Å². The highest BCUT2D eigenvalue weighted by molar-refractivity contribution is 5.93. The summed E-state index contributed by atoms with van der Waals surface area (Å²) in [5.74, 6) is 0.221. The van der Waals surface area contributed by atoms with Gasteiger partial charge in [0.05, 0.1) is 24.9 Å². The second-order valence-corrected chi connectivity index (χ2v) is 9.92. The van der Waals surface area contributed by atoms with Gasteiger partial charge < -0.3 is 24.8 Å². The Labute approximate surface area is 217 Å². The molecule has 1 aromatic heterocycles. The van der Waals surface area contributed by atoms with Crippen molar-refractivity contribution in [3.05, 3.63) is 71.4 Å². The van der Waals surface area contributed by atoms with Crippen LogP contribution in [0.2, 0.25) is 0 Å². The van der Waals surface area contributed by atoms with Crippen molar-refractivity contribution in [3.8, 4) is 5.75 Å². The summed E-state index contributed by atoms with van der Waals surface area (Å²) in [4.78, 5) is 32.1. The quantitative estimate of drug-likeness (QED) is 0.416. The number of likely N-dealkylation sites (tertiary alicyclic amines) is 1. The lowest BCUT2D eigenvalue weighted by Gasteiger charge is -2.29. The van der Waals surface area contributed by atoms with Crippen LogP contribution in [0.25, 0.3) is 10.9 Å². The smallest absolute Gasteiger partial charge is 0.328 e. The lowest BCUT2D eigenvalue weighted by atomic mass is 9.89. The van der Waals surface area contributed by atoms with Crippen molar-refractivity contribution in [1.82, 2.24) is 9.88 Å². The number of esters is 1. The predicted octanol–water partition coefficient (Wildman–Crippen LogP) is 3.93. The van der Waals surface area contributed by atoms with E-state index in [1.165, 1.54) is 7.11 Å². The Morgan fingerprint density at radius 3 is 2.51 bits per heavy atom. The summed E-state index contributed by atoms with van der Waals surface area (Å²) in [6.45, 7) is 5.20. The van der Waals surface area contributed by atoms with E-state index in [0.29, 0.717) is 43.9 Å². The lowest BCUT2D eigenvalue weighted by molar-refractivity contribution is -0.153. The molecule has 2 atom stereocenters. The number of hydrogen-bond donors (Lipinski definition) is 1. The number of nitrogens with zero attached hydrogens (tertiary/aromatic N) is 2. The number of ether oxygens (including phenoxy) is 3. The first-order chi connectivity index (χ1) is 17.8. The third kappa shape index (κ3) is 5.60. The Balaban J connectivity index is 1.49. The summed E-state index contributed by atoms with van der Waals surface area (Å²) in [5, 5.41) is 1.03. The number of carbonyl (C=O) groups is 2. The number of carbonyl (C=O) groups excluding carboxylic acids is 2. The number of para-hydroxylation sites is 1. The van der Waals surface area contributed by atoms with Crippen LogP contribution in [0.5, 0.6) is 5.75 Å². The molecule has 0 aliphatic carbocycles. The van der Waals surface area contributed by atoms with Crippen molar-refractivity contribution < 1.29 is 23.8 Å². The van der Waals surface area contributed by atoms with Gasteiger partial charge in [-0.05, 0) is 48.6 Å². The molecule has 8 heteroatoms. The number of amides is 1. The predicted molar refractivity (Wildman–Crippen MR) is 141 cm³/mol. The molecule has 1 amide bonds. The first-order valence-electron chi connectivity index (χ1n) is 12.5. The third-order valence-electron chi connectivity index (χ3n) is 6.84. The van der Waals surface area contributed by atoms with E-state index in [-0.39, 0.29) is 11.8 Å². The zero-order valence-electron chi connectivity index (χ0n) is 21.9.